The Labute approximate surface area is 186 Å². The summed E-state index contributed by atoms with van der Waals surface area (Å²) in [4.78, 5) is 0. The van der Waals surface area contributed by atoms with E-state index in [2.05, 4.69) is 39.2 Å². The van der Waals surface area contributed by atoms with Crippen LogP contribution in [0.4, 0.5) is 5.69 Å². The average Bonchev–Trinajstić information content (AvgIpc) is 3.01. The number of nitrogens with one attached hydrogen (secondary N) is 1. The summed E-state index contributed by atoms with van der Waals surface area (Å²) in [6, 6.07) is 4.49. The zero-order valence-corrected chi connectivity index (χ0v) is 21.2. The Hall–Kier alpha value is -1.15. The van der Waals surface area contributed by atoms with E-state index in [1.54, 1.807) is 19.1 Å². The molecule has 1 saturated heterocycles. The molecule has 7 nitrogen and oxygen atoms in total. The lowest BCUT2D eigenvalue weighted by Gasteiger charge is -2.41. The third kappa shape index (κ3) is 5.18. The van der Waals surface area contributed by atoms with Crippen molar-refractivity contribution in [2.45, 2.75) is 77.4 Å². The van der Waals surface area contributed by atoms with E-state index in [1.165, 1.54) is 0 Å². The predicted octanol–water partition coefficient (Wildman–Crippen LogP) is 4.59. The van der Waals surface area contributed by atoms with Gasteiger partial charge in [-0.25, -0.2) is 0 Å². The first-order valence-corrected chi connectivity index (χ1v) is 14.7. The minimum Gasteiger partial charge on any atom is -0.412 e. The number of halogens is 1. The van der Waals surface area contributed by atoms with Crippen molar-refractivity contribution in [1.82, 2.24) is 4.31 Å². The van der Waals surface area contributed by atoms with Crippen molar-refractivity contribution in [3.05, 3.63) is 28.3 Å². The van der Waals surface area contributed by atoms with E-state index in [1.807, 2.05) is 13.0 Å². The predicted molar refractivity (Wildman–Crippen MR) is 123 cm³/mol. The van der Waals surface area contributed by atoms with Crippen LogP contribution in [-0.2, 0) is 14.7 Å². The van der Waals surface area contributed by atoms with Crippen LogP contribution in [0.25, 0.3) is 0 Å². The lowest BCUT2D eigenvalue weighted by atomic mass is 10.0. The van der Waals surface area contributed by atoms with Crippen LogP contribution in [0.15, 0.2) is 12.1 Å². The maximum Gasteiger partial charge on any atom is 0.336 e. The highest BCUT2D eigenvalue weighted by Crippen LogP contribution is 2.40. The molecule has 30 heavy (non-hydrogen) atoms. The highest BCUT2D eigenvalue weighted by molar-refractivity contribution is 7.83. The summed E-state index contributed by atoms with van der Waals surface area (Å²) in [5, 5.41) is 12.8. The number of nitrogens with zero attached hydrogens (tertiary/aromatic N) is 2. The molecule has 0 spiro atoms. The van der Waals surface area contributed by atoms with Gasteiger partial charge in [-0.15, -0.1) is 0 Å². The first-order chi connectivity index (χ1) is 13.6. The maximum absolute atomic E-state index is 12.1. The summed E-state index contributed by atoms with van der Waals surface area (Å²) in [6.07, 6.45) is 0.167. The number of hydrogen-bond donors (Lipinski definition) is 2. The minimum absolute atomic E-state index is 0.0308. The van der Waals surface area contributed by atoms with Crippen molar-refractivity contribution >= 4 is 35.9 Å². The van der Waals surface area contributed by atoms with Crippen molar-refractivity contribution in [3.63, 3.8) is 0 Å². The Balaban J connectivity index is 2.37. The monoisotopic (exact) mass is 473 g/mol. The first kappa shape index (κ1) is 25.1. The minimum atomic E-state index is -4.38. The molecule has 1 aliphatic heterocycles. The van der Waals surface area contributed by atoms with Gasteiger partial charge in [-0.05, 0) is 56.1 Å². The van der Waals surface area contributed by atoms with Crippen LogP contribution in [0.2, 0.25) is 23.2 Å². The maximum atomic E-state index is 12.1. The zero-order chi connectivity index (χ0) is 23.1. The van der Waals surface area contributed by atoms with Crippen molar-refractivity contribution in [2.24, 2.45) is 0 Å². The molecule has 3 atom stereocenters. The van der Waals surface area contributed by atoms with Gasteiger partial charge in [0.2, 0.25) is 0 Å². The zero-order valence-electron chi connectivity index (χ0n) is 18.7. The van der Waals surface area contributed by atoms with Crippen LogP contribution >= 0.6 is 11.6 Å². The fraction of sp³-hybridized carbons (Fsp3) is 0.650. The van der Waals surface area contributed by atoms with Gasteiger partial charge < -0.3 is 9.74 Å². The molecule has 10 heteroatoms. The average molecular weight is 474 g/mol. The smallest absolute Gasteiger partial charge is 0.336 e. The Morgan fingerprint density at radius 1 is 1.40 bits per heavy atom. The molecule has 1 aliphatic rings. The Morgan fingerprint density at radius 2 is 2.00 bits per heavy atom. The Kier molecular flexibility index (Phi) is 7.34. The van der Waals surface area contributed by atoms with Gasteiger partial charge in [0.1, 0.15) is 6.07 Å². The van der Waals surface area contributed by atoms with E-state index >= 15 is 0 Å². The molecule has 0 unspecified atom stereocenters. The summed E-state index contributed by atoms with van der Waals surface area (Å²) in [7, 11) is -6.54. The molecular formula is C20H32ClN3O4SSi. The summed E-state index contributed by atoms with van der Waals surface area (Å²) < 4.78 is 41.6. The van der Waals surface area contributed by atoms with Gasteiger partial charge in [0.15, 0.2) is 8.32 Å². The van der Waals surface area contributed by atoms with Crippen LogP contribution in [0.1, 0.15) is 45.2 Å². The van der Waals surface area contributed by atoms with E-state index in [-0.39, 0.29) is 23.7 Å². The Morgan fingerprint density at radius 3 is 2.50 bits per heavy atom. The molecule has 168 valence electrons. The summed E-state index contributed by atoms with van der Waals surface area (Å²) >= 11 is 6.28. The van der Waals surface area contributed by atoms with Crippen molar-refractivity contribution in [3.8, 4) is 6.07 Å². The Bertz CT molecular complexity index is 941. The summed E-state index contributed by atoms with van der Waals surface area (Å²) in [5.41, 5.74) is 1.80. The standard InChI is InChI=1S/C20H32ClN3O4SSi/c1-13-16(9-8-15(12-22)18(13)21)23-14(2)19-17(10-11-24(19)29(25,26)27)28-30(6,7)20(3,4)5/h8-9,14,17,19,23H,10-11H2,1-7H3,(H,25,26,27)/t14-,17-,19+/m0/s1. The topological polar surface area (TPSA) is 103 Å². The molecule has 1 aromatic rings. The molecule has 1 fully saturated rings. The van der Waals surface area contributed by atoms with Crippen LogP contribution in [-0.4, -0.2) is 50.3 Å². The summed E-state index contributed by atoms with van der Waals surface area (Å²) in [5.74, 6) is 0. The molecule has 0 aliphatic carbocycles. The molecule has 0 bridgehead atoms. The first-order valence-electron chi connectivity index (χ1n) is 9.98. The van der Waals surface area contributed by atoms with Gasteiger partial charge in [-0.2, -0.15) is 18.0 Å². The van der Waals surface area contributed by atoms with E-state index in [0.717, 1.165) is 4.31 Å². The second kappa shape index (κ2) is 8.77. The van der Waals surface area contributed by atoms with Crippen LogP contribution in [0, 0.1) is 18.3 Å². The lowest BCUT2D eigenvalue weighted by Crippen LogP contribution is -2.53. The molecule has 0 saturated carbocycles. The number of rotatable bonds is 6. The third-order valence-electron chi connectivity index (χ3n) is 6.30. The quantitative estimate of drug-likeness (QED) is 0.462. The van der Waals surface area contributed by atoms with Crippen molar-refractivity contribution in [2.75, 3.05) is 11.9 Å². The molecule has 1 heterocycles. The number of nitriles is 1. The number of anilines is 1. The fourth-order valence-electron chi connectivity index (χ4n) is 3.54. The highest BCUT2D eigenvalue weighted by Gasteiger charge is 2.48. The van der Waals surface area contributed by atoms with Gasteiger partial charge in [0.25, 0.3) is 0 Å². The normalized spacial score (nSPS) is 22.0. The molecular weight excluding hydrogens is 442 g/mol. The van der Waals surface area contributed by atoms with E-state index in [9.17, 15) is 13.0 Å². The van der Waals surface area contributed by atoms with Gasteiger partial charge in [0, 0.05) is 18.3 Å². The second-order valence-electron chi connectivity index (χ2n) is 9.43. The second-order valence-corrected chi connectivity index (χ2v) is 15.9. The molecule has 1 aromatic carbocycles. The molecule has 0 amide bonds. The largest absolute Gasteiger partial charge is 0.412 e. The van der Waals surface area contributed by atoms with Crippen LogP contribution < -0.4 is 5.32 Å². The van der Waals surface area contributed by atoms with Gasteiger partial charge in [0.05, 0.1) is 22.7 Å². The molecule has 2 N–H and O–H groups in total. The third-order valence-corrected chi connectivity index (χ3v) is 12.3. The van der Waals surface area contributed by atoms with E-state index in [0.29, 0.717) is 28.3 Å². The number of hydrogen-bond acceptors (Lipinski definition) is 5. The number of benzene rings is 1. The lowest BCUT2D eigenvalue weighted by molar-refractivity contribution is 0.138. The summed E-state index contributed by atoms with van der Waals surface area (Å²) in [6.45, 7) is 14.5. The van der Waals surface area contributed by atoms with Crippen molar-refractivity contribution in [1.29, 1.82) is 5.26 Å². The van der Waals surface area contributed by atoms with Gasteiger partial charge >= 0.3 is 10.3 Å². The van der Waals surface area contributed by atoms with E-state index < -0.39 is 24.7 Å². The van der Waals surface area contributed by atoms with Crippen molar-refractivity contribution < 1.29 is 17.4 Å². The van der Waals surface area contributed by atoms with E-state index in [4.69, 9.17) is 21.3 Å². The van der Waals surface area contributed by atoms with Crippen LogP contribution in [0.3, 0.4) is 0 Å². The molecule has 0 aromatic heterocycles. The van der Waals surface area contributed by atoms with Gasteiger partial charge in [-0.3, -0.25) is 4.55 Å². The molecule has 0 radical (unpaired) electrons. The molecule has 2 rings (SSSR count). The highest BCUT2D eigenvalue weighted by atomic mass is 35.5. The SMILES string of the molecule is Cc1c(N[C@@H](C)[C@@H]2[C@@H](O[Si](C)(C)C(C)(C)C)CCN2S(=O)(=O)O)ccc(C#N)c1Cl. The van der Waals surface area contributed by atoms with Gasteiger partial charge in [-0.1, -0.05) is 32.4 Å². The van der Waals surface area contributed by atoms with Crippen LogP contribution in [0.5, 0.6) is 0 Å². The fourth-order valence-corrected chi connectivity index (χ4v) is 6.08.